The van der Waals surface area contributed by atoms with Gasteiger partial charge in [0.1, 0.15) is 0 Å². The molecule has 0 fully saturated rings. The third-order valence-corrected chi connectivity index (χ3v) is 1.87. The zero-order chi connectivity index (χ0) is 9.07. The quantitative estimate of drug-likeness (QED) is 0.663. The van der Waals surface area contributed by atoms with Gasteiger partial charge in [-0.25, -0.2) is 0 Å². The number of methoxy groups -OCH3 is 1. The van der Waals surface area contributed by atoms with E-state index in [4.69, 9.17) is 10.5 Å². The summed E-state index contributed by atoms with van der Waals surface area (Å²) in [7, 11) is 1.63. The first kappa shape index (κ1) is 10.4. The number of hydrogen-bond donors (Lipinski definition) is 1. The second-order valence-corrected chi connectivity index (χ2v) is 3.50. The van der Waals surface area contributed by atoms with E-state index >= 15 is 0 Å². The second-order valence-electron chi connectivity index (χ2n) is 3.50. The number of carbonyl (C=O) groups is 1. The maximum Gasteiger partial charge on any atom is 0.223 e. The van der Waals surface area contributed by atoms with Crippen LogP contribution in [-0.4, -0.2) is 19.1 Å². The van der Waals surface area contributed by atoms with Crippen molar-refractivity contribution in [3.8, 4) is 0 Å². The molecule has 3 nitrogen and oxygen atoms in total. The fourth-order valence-electron chi connectivity index (χ4n) is 0.903. The third kappa shape index (κ3) is 3.37. The molecule has 0 radical (unpaired) electrons. The predicted molar refractivity (Wildman–Crippen MR) is 44.1 cm³/mol. The molecule has 1 amide bonds. The van der Waals surface area contributed by atoms with Gasteiger partial charge >= 0.3 is 0 Å². The normalized spacial score (nSPS) is 14.5. The lowest BCUT2D eigenvalue weighted by Gasteiger charge is -2.23. The number of primary amides is 1. The SMILES string of the molecule is COC(C)CC(C)(C)C(N)=O. The van der Waals surface area contributed by atoms with E-state index in [-0.39, 0.29) is 12.0 Å². The molecule has 2 N–H and O–H groups in total. The zero-order valence-electron chi connectivity index (χ0n) is 7.68. The molecule has 66 valence electrons. The van der Waals surface area contributed by atoms with Crippen molar-refractivity contribution in [1.29, 1.82) is 0 Å². The van der Waals surface area contributed by atoms with Crippen molar-refractivity contribution in [2.45, 2.75) is 33.3 Å². The van der Waals surface area contributed by atoms with Crippen molar-refractivity contribution in [3.63, 3.8) is 0 Å². The zero-order valence-corrected chi connectivity index (χ0v) is 7.68. The summed E-state index contributed by atoms with van der Waals surface area (Å²) in [5.74, 6) is -0.276. The fraction of sp³-hybridized carbons (Fsp3) is 0.875. The van der Waals surface area contributed by atoms with Crippen molar-refractivity contribution in [1.82, 2.24) is 0 Å². The van der Waals surface area contributed by atoms with Gasteiger partial charge in [-0.3, -0.25) is 4.79 Å². The molecular weight excluding hydrogens is 142 g/mol. The monoisotopic (exact) mass is 159 g/mol. The van der Waals surface area contributed by atoms with Gasteiger partial charge in [0.25, 0.3) is 0 Å². The minimum absolute atomic E-state index is 0.0810. The number of nitrogens with two attached hydrogens (primary N) is 1. The van der Waals surface area contributed by atoms with Crippen LogP contribution in [0, 0.1) is 5.41 Å². The Morgan fingerprint density at radius 1 is 1.64 bits per heavy atom. The van der Waals surface area contributed by atoms with Crippen LogP contribution in [0.4, 0.5) is 0 Å². The van der Waals surface area contributed by atoms with Gasteiger partial charge in [-0.05, 0) is 13.3 Å². The number of ether oxygens (including phenoxy) is 1. The van der Waals surface area contributed by atoms with Gasteiger partial charge in [-0.15, -0.1) is 0 Å². The van der Waals surface area contributed by atoms with Gasteiger partial charge in [-0.2, -0.15) is 0 Å². The maximum absolute atomic E-state index is 10.8. The van der Waals surface area contributed by atoms with Crippen LogP contribution in [0.15, 0.2) is 0 Å². The van der Waals surface area contributed by atoms with Crippen molar-refractivity contribution in [3.05, 3.63) is 0 Å². The average molecular weight is 159 g/mol. The molecule has 0 rings (SSSR count). The summed E-state index contributed by atoms with van der Waals surface area (Å²) >= 11 is 0. The summed E-state index contributed by atoms with van der Waals surface area (Å²) in [6.45, 7) is 5.57. The molecule has 0 spiro atoms. The lowest BCUT2D eigenvalue weighted by molar-refractivity contribution is -0.127. The van der Waals surface area contributed by atoms with E-state index < -0.39 is 5.41 Å². The smallest absolute Gasteiger partial charge is 0.223 e. The van der Waals surface area contributed by atoms with Crippen LogP contribution >= 0.6 is 0 Å². The van der Waals surface area contributed by atoms with Gasteiger partial charge in [0.2, 0.25) is 5.91 Å². The molecule has 0 aromatic carbocycles. The first-order chi connectivity index (χ1) is 4.90. The van der Waals surface area contributed by atoms with E-state index in [0.29, 0.717) is 6.42 Å². The van der Waals surface area contributed by atoms with E-state index in [2.05, 4.69) is 0 Å². The summed E-state index contributed by atoms with van der Waals surface area (Å²) in [5, 5.41) is 0. The Labute approximate surface area is 67.9 Å². The molecule has 1 atom stereocenters. The molecule has 0 aromatic rings. The molecule has 0 saturated heterocycles. The number of rotatable bonds is 4. The van der Waals surface area contributed by atoms with Crippen LogP contribution in [0.5, 0.6) is 0 Å². The van der Waals surface area contributed by atoms with E-state index in [1.807, 2.05) is 20.8 Å². The Bertz CT molecular complexity index is 143. The first-order valence-electron chi connectivity index (χ1n) is 3.73. The minimum atomic E-state index is -0.463. The molecule has 0 saturated carbocycles. The highest BCUT2D eigenvalue weighted by Gasteiger charge is 2.26. The van der Waals surface area contributed by atoms with Gasteiger partial charge in [0, 0.05) is 12.5 Å². The van der Waals surface area contributed by atoms with E-state index in [1.54, 1.807) is 7.11 Å². The second kappa shape index (κ2) is 3.72. The number of hydrogen-bond acceptors (Lipinski definition) is 2. The van der Waals surface area contributed by atoms with Crippen LogP contribution in [-0.2, 0) is 9.53 Å². The molecule has 0 aliphatic carbocycles. The maximum atomic E-state index is 10.8. The van der Waals surface area contributed by atoms with Gasteiger partial charge in [0.15, 0.2) is 0 Å². The Morgan fingerprint density at radius 3 is 2.36 bits per heavy atom. The predicted octanol–water partition coefficient (Wildman–Crippen LogP) is 0.923. The molecule has 0 aliphatic rings. The van der Waals surface area contributed by atoms with Crippen molar-refractivity contribution >= 4 is 5.91 Å². The highest BCUT2D eigenvalue weighted by Crippen LogP contribution is 2.22. The van der Waals surface area contributed by atoms with E-state index in [9.17, 15) is 4.79 Å². The lowest BCUT2D eigenvalue weighted by atomic mass is 9.86. The summed E-state index contributed by atoms with van der Waals surface area (Å²) in [4.78, 5) is 10.8. The summed E-state index contributed by atoms with van der Waals surface area (Å²) in [6.07, 6.45) is 0.747. The lowest BCUT2D eigenvalue weighted by Crippen LogP contribution is -2.34. The Balaban J connectivity index is 4.01. The largest absolute Gasteiger partial charge is 0.382 e. The average Bonchev–Trinajstić information content (AvgIpc) is 1.86. The van der Waals surface area contributed by atoms with Crippen molar-refractivity contribution < 1.29 is 9.53 Å². The molecule has 3 heteroatoms. The summed E-state index contributed by atoms with van der Waals surface area (Å²) in [5.41, 5.74) is 4.72. The highest BCUT2D eigenvalue weighted by molar-refractivity contribution is 5.79. The molecule has 0 aromatic heterocycles. The topological polar surface area (TPSA) is 52.3 Å². The summed E-state index contributed by atoms with van der Waals surface area (Å²) in [6, 6.07) is 0. The first-order valence-corrected chi connectivity index (χ1v) is 3.73. The number of carbonyl (C=O) groups excluding carboxylic acids is 1. The molecule has 0 aliphatic heterocycles. The Morgan fingerprint density at radius 2 is 2.09 bits per heavy atom. The van der Waals surface area contributed by atoms with Crippen molar-refractivity contribution in [2.75, 3.05) is 7.11 Å². The van der Waals surface area contributed by atoms with E-state index in [1.165, 1.54) is 0 Å². The molecule has 11 heavy (non-hydrogen) atoms. The number of amides is 1. The molecule has 1 unspecified atom stereocenters. The van der Waals surface area contributed by atoms with Crippen LogP contribution in [0.2, 0.25) is 0 Å². The summed E-state index contributed by atoms with van der Waals surface area (Å²) < 4.78 is 5.03. The van der Waals surface area contributed by atoms with Crippen molar-refractivity contribution in [2.24, 2.45) is 11.1 Å². The third-order valence-electron chi connectivity index (χ3n) is 1.87. The Kier molecular flexibility index (Phi) is 3.52. The fourth-order valence-corrected chi connectivity index (χ4v) is 0.903. The molecule has 0 heterocycles. The Hall–Kier alpha value is -0.570. The van der Waals surface area contributed by atoms with Crippen LogP contribution in [0.1, 0.15) is 27.2 Å². The highest BCUT2D eigenvalue weighted by atomic mass is 16.5. The van der Waals surface area contributed by atoms with Crippen LogP contribution < -0.4 is 5.73 Å². The minimum Gasteiger partial charge on any atom is -0.382 e. The van der Waals surface area contributed by atoms with Crippen LogP contribution in [0.3, 0.4) is 0 Å². The van der Waals surface area contributed by atoms with E-state index in [0.717, 1.165) is 0 Å². The van der Waals surface area contributed by atoms with Gasteiger partial charge < -0.3 is 10.5 Å². The standard InChI is InChI=1S/C8H17NO2/c1-6(11-4)5-8(2,3)7(9)10/h6H,5H2,1-4H3,(H2,9,10). The molecule has 0 bridgehead atoms. The van der Waals surface area contributed by atoms with Gasteiger partial charge in [0.05, 0.1) is 6.10 Å². The molecular formula is C8H17NO2. The van der Waals surface area contributed by atoms with Gasteiger partial charge in [-0.1, -0.05) is 13.8 Å². The van der Waals surface area contributed by atoms with Crippen LogP contribution in [0.25, 0.3) is 0 Å².